The van der Waals surface area contributed by atoms with E-state index in [1.165, 1.54) is 13.2 Å². The molecule has 2 N–H and O–H groups in total. The molecule has 0 saturated heterocycles. The van der Waals surface area contributed by atoms with E-state index in [1.807, 2.05) is 17.5 Å². The molecular weight excluding hydrogens is 344 g/mol. The molecule has 0 radical (unpaired) electrons. The van der Waals surface area contributed by atoms with Crippen LogP contribution in [0.25, 0.3) is 0 Å². The quantitative estimate of drug-likeness (QED) is 0.524. The van der Waals surface area contributed by atoms with Crippen LogP contribution in [0.3, 0.4) is 0 Å². The van der Waals surface area contributed by atoms with E-state index < -0.39 is 12.1 Å². The molecule has 2 heterocycles. The van der Waals surface area contributed by atoms with Crippen molar-refractivity contribution in [3.8, 4) is 0 Å². The molecule has 0 aliphatic rings. The topological polar surface area (TPSA) is 97.6 Å². The van der Waals surface area contributed by atoms with Crippen LogP contribution in [-0.2, 0) is 20.9 Å². The SMILES string of the molecule is CC(OC(=O)CCCNC(=O)c1ccco1)C(=O)NCc1cccs1. The minimum atomic E-state index is -0.856. The number of nitrogens with one attached hydrogen (secondary N) is 2. The third-order valence-corrected chi connectivity index (χ3v) is 4.16. The normalized spacial score (nSPS) is 11.6. The molecule has 0 spiro atoms. The first-order valence-electron chi connectivity index (χ1n) is 7.87. The third kappa shape index (κ3) is 6.42. The van der Waals surface area contributed by atoms with Gasteiger partial charge < -0.3 is 19.8 Å². The molecule has 2 aromatic rings. The van der Waals surface area contributed by atoms with Crippen molar-refractivity contribution in [3.63, 3.8) is 0 Å². The molecule has 2 aromatic heterocycles. The molecule has 25 heavy (non-hydrogen) atoms. The molecule has 0 fully saturated rings. The maximum absolute atomic E-state index is 11.9. The fourth-order valence-corrected chi connectivity index (χ4v) is 2.61. The molecule has 0 aliphatic heterocycles. The first-order chi connectivity index (χ1) is 12.1. The fourth-order valence-electron chi connectivity index (χ4n) is 1.97. The standard InChI is InChI=1S/C17H20N2O5S/c1-12(16(21)19-11-13-5-4-10-25-13)24-15(20)7-2-8-18-17(22)14-6-3-9-23-14/h3-6,9-10,12H,2,7-8,11H2,1H3,(H,18,22)(H,19,21). The fraction of sp³-hybridized carbons (Fsp3) is 0.353. The average Bonchev–Trinajstić information content (AvgIpc) is 3.29. The Balaban J connectivity index is 1.59. The zero-order valence-electron chi connectivity index (χ0n) is 13.8. The summed E-state index contributed by atoms with van der Waals surface area (Å²) in [7, 11) is 0. The van der Waals surface area contributed by atoms with Gasteiger partial charge in [0.1, 0.15) is 0 Å². The van der Waals surface area contributed by atoms with E-state index in [9.17, 15) is 14.4 Å². The van der Waals surface area contributed by atoms with E-state index in [1.54, 1.807) is 23.5 Å². The number of rotatable bonds is 9. The van der Waals surface area contributed by atoms with Crippen LogP contribution in [0, 0.1) is 0 Å². The lowest BCUT2D eigenvalue weighted by molar-refractivity contribution is -0.154. The van der Waals surface area contributed by atoms with Gasteiger partial charge in [-0.2, -0.15) is 0 Å². The van der Waals surface area contributed by atoms with Crippen LogP contribution in [0.2, 0.25) is 0 Å². The highest BCUT2D eigenvalue weighted by Crippen LogP contribution is 2.08. The van der Waals surface area contributed by atoms with Crippen molar-refractivity contribution in [2.24, 2.45) is 0 Å². The molecule has 2 rings (SSSR count). The molecular formula is C17H20N2O5S. The summed E-state index contributed by atoms with van der Waals surface area (Å²) >= 11 is 1.54. The van der Waals surface area contributed by atoms with Crippen LogP contribution in [0.5, 0.6) is 0 Å². The molecule has 134 valence electrons. The van der Waals surface area contributed by atoms with Crippen LogP contribution in [0.15, 0.2) is 40.3 Å². The number of hydrogen-bond donors (Lipinski definition) is 2. The number of furan rings is 1. The van der Waals surface area contributed by atoms with Gasteiger partial charge in [0, 0.05) is 17.8 Å². The first kappa shape index (κ1) is 18.7. The number of thiophene rings is 1. The second kappa shape index (κ2) is 9.63. The van der Waals surface area contributed by atoms with Crippen LogP contribution < -0.4 is 10.6 Å². The zero-order valence-corrected chi connectivity index (χ0v) is 14.6. The van der Waals surface area contributed by atoms with Gasteiger partial charge in [0.15, 0.2) is 11.9 Å². The monoisotopic (exact) mass is 364 g/mol. The van der Waals surface area contributed by atoms with Gasteiger partial charge in [-0.25, -0.2) is 0 Å². The highest BCUT2D eigenvalue weighted by Gasteiger charge is 2.17. The molecule has 1 atom stereocenters. The van der Waals surface area contributed by atoms with Gasteiger partial charge in [-0.15, -0.1) is 11.3 Å². The van der Waals surface area contributed by atoms with Crippen molar-refractivity contribution < 1.29 is 23.5 Å². The van der Waals surface area contributed by atoms with E-state index in [0.717, 1.165) is 4.88 Å². The Morgan fingerprint density at radius 3 is 2.76 bits per heavy atom. The predicted molar refractivity (Wildman–Crippen MR) is 92.0 cm³/mol. The number of amides is 2. The van der Waals surface area contributed by atoms with Crippen molar-refractivity contribution in [1.29, 1.82) is 0 Å². The maximum atomic E-state index is 11.9. The summed E-state index contributed by atoms with van der Waals surface area (Å²) in [6.45, 7) is 2.26. The van der Waals surface area contributed by atoms with Crippen LogP contribution in [-0.4, -0.2) is 30.4 Å². The van der Waals surface area contributed by atoms with Crippen LogP contribution in [0.4, 0.5) is 0 Å². The molecule has 8 heteroatoms. The van der Waals surface area contributed by atoms with Crippen molar-refractivity contribution >= 4 is 29.1 Å². The second-order valence-corrected chi connectivity index (χ2v) is 6.30. The van der Waals surface area contributed by atoms with Gasteiger partial charge in [-0.1, -0.05) is 6.07 Å². The smallest absolute Gasteiger partial charge is 0.306 e. The Morgan fingerprint density at radius 1 is 1.24 bits per heavy atom. The lowest BCUT2D eigenvalue weighted by Crippen LogP contribution is -2.35. The molecule has 0 aromatic carbocycles. The Hall–Kier alpha value is -2.61. The second-order valence-electron chi connectivity index (χ2n) is 5.27. The third-order valence-electron chi connectivity index (χ3n) is 3.28. The first-order valence-corrected chi connectivity index (χ1v) is 8.75. The van der Waals surface area contributed by atoms with Gasteiger partial charge in [0.05, 0.1) is 12.8 Å². The van der Waals surface area contributed by atoms with E-state index >= 15 is 0 Å². The summed E-state index contributed by atoms with van der Waals surface area (Å²) in [5.41, 5.74) is 0. The predicted octanol–water partition coefficient (Wildman–Crippen LogP) is 2.10. The average molecular weight is 364 g/mol. The number of carbonyl (C=O) groups is 3. The van der Waals surface area contributed by atoms with Gasteiger partial charge in [-0.05, 0) is 36.9 Å². The van der Waals surface area contributed by atoms with Crippen LogP contribution in [0.1, 0.15) is 35.2 Å². The summed E-state index contributed by atoms with van der Waals surface area (Å²) in [5.74, 6) is -0.933. The molecule has 7 nitrogen and oxygen atoms in total. The number of carbonyl (C=O) groups excluding carboxylic acids is 3. The summed E-state index contributed by atoms with van der Waals surface area (Å²) in [6.07, 6.45) is 1.08. The van der Waals surface area contributed by atoms with Gasteiger partial charge in [0.25, 0.3) is 11.8 Å². The van der Waals surface area contributed by atoms with Crippen LogP contribution >= 0.6 is 11.3 Å². The van der Waals surface area contributed by atoms with Gasteiger partial charge in [-0.3, -0.25) is 14.4 Å². The number of esters is 1. The largest absolute Gasteiger partial charge is 0.459 e. The summed E-state index contributed by atoms with van der Waals surface area (Å²) in [6, 6.07) is 7.00. The van der Waals surface area contributed by atoms with Gasteiger partial charge in [0.2, 0.25) is 0 Å². The highest BCUT2D eigenvalue weighted by atomic mass is 32.1. The molecule has 1 unspecified atom stereocenters. The molecule has 0 bridgehead atoms. The maximum Gasteiger partial charge on any atom is 0.306 e. The lowest BCUT2D eigenvalue weighted by Gasteiger charge is -2.13. The highest BCUT2D eigenvalue weighted by molar-refractivity contribution is 7.09. The Morgan fingerprint density at radius 2 is 2.08 bits per heavy atom. The minimum absolute atomic E-state index is 0.112. The van der Waals surface area contributed by atoms with Gasteiger partial charge >= 0.3 is 5.97 Å². The van der Waals surface area contributed by atoms with E-state index in [4.69, 9.17) is 9.15 Å². The summed E-state index contributed by atoms with van der Waals surface area (Å²) in [4.78, 5) is 36.2. The summed E-state index contributed by atoms with van der Waals surface area (Å²) in [5, 5.41) is 7.27. The van der Waals surface area contributed by atoms with Crippen molar-refractivity contribution in [3.05, 3.63) is 46.5 Å². The Labute approximate surface area is 149 Å². The number of hydrogen-bond acceptors (Lipinski definition) is 6. The Kier molecular flexibility index (Phi) is 7.21. The van der Waals surface area contributed by atoms with Crippen molar-refractivity contribution in [1.82, 2.24) is 10.6 Å². The summed E-state index contributed by atoms with van der Waals surface area (Å²) < 4.78 is 10.0. The minimum Gasteiger partial charge on any atom is -0.459 e. The van der Waals surface area contributed by atoms with Crippen molar-refractivity contribution in [2.45, 2.75) is 32.4 Å². The number of ether oxygens (including phenoxy) is 1. The zero-order chi connectivity index (χ0) is 18.1. The Bertz CT molecular complexity index is 682. The van der Waals surface area contributed by atoms with E-state index in [0.29, 0.717) is 19.5 Å². The molecule has 0 aliphatic carbocycles. The molecule has 2 amide bonds. The molecule has 0 saturated carbocycles. The van der Waals surface area contributed by atoms with E-state index in [-0.39, 0.29) is 24.0 Å². The van der Waals surface area contributed by atoms with E-state index in [2.05, 4.69) is 10.6 Å². The van der Waals surface area contributed by atoms with Crippen molar-refractivity contribution in [2.75, 3.05) is 6.54 Å². The lowest BCUT2D eigenvalue weighted by atomic mass is 10.3.